The van der Waals surface area contributed by atoms with E-state index in [-0.39, 0.29) is 13.0 Å². The van der Waals surface area contributed by atoms with E-state index in [2.05, 4.69) is 0 Å². The summed E-state index contributed by atoms with van der Waals surface area (Å²) in [5, 5.41) is 19.1. The number of ether oxygens (including phenoxy) is 1. The summed E-state index contributed by atoms with van der Waals surface area (Å²) in [6.45, 7) is 0.821. The highest BCUT2D eigenvalue weighted by Crippen LogP contribution is 2.23. The van der Waals surface area contributed by atoms with Crippen LogP contribution >= 0.6 is 11.6 Å². The molecular weight excluding hydrogens is 406 g/mol. The number of para-hydroxylation sites is 1. The van der Waals surface area contributed by atoms with Crippen molar-refractivity contribution < 1.29 is 28.2 Å². The summed E-state index contributed by atoms with van der Waals surface area (Å²) >= 11 is 5.99. The Balaban J connectivity index is 2.28. The number of aliphatic carboxylic acids is 1. The minimum absolute atomic E-state index is 0.0895. The monoisotopic (exact) mass is 435 g/mol. The minimum Gasteiger partial charge on any atom is -0.489 e. The van der Waals surface area contributed by atoms with Crippen molar-refractivity contribution in [3.8, 4) is 5.75 Å². The first-order chi connectivity index (χ1) is 13.2. The molecule has 0 bridgehead atoms. The number of aliphatic hydroxyl groups is 1. The van der Waals surface area contributed by atoms with Gasteiger partial charge in [-0.3, -0.25) is 4.79 Å². The topological polar surface area (TPSA) is 104 Å². The molecule has 0 aliphatic rings. The van der Waals surface area contributed by atoms with Gasteiger partial charge in [-0.05, 0) is 37.8 Å². The lowest BCUT2D eigenvalue weighted by Crippen LogP contribution is -2.32. The molecule has 1 atom stereocenters. The van der Waals surface area contributed by atoms with Crippen LogP contribution in [0.2, 0.25) is 5.02 Å². The molecule has 0 saturated heterocycles. The quantitative estimate of drug-likeness (QED) is 0.410. The van der Waals surface area contributed by atoms with Gasteiger partial charge in [-0.2, -0.15) is 0 Å². The van der Waals surface area contributed by atoms with Gasteiger partial charge in [0, 0.05) is 19.5 Å². The summed E-state index contributed by atoms with van der Waals surface area (Å²) in [4.78, 5) is 10.5. The Morgan fingerprint density at radius 1 is 1.14 bits per heavy atom. The van der Waals surface area contributed by atoms with Crippen LogP contribution in [0.25, 0.3) is 0 Å². The highest BCUT2D eigenvalue weighted by molar-refractivity contribution is 7.88. The van der Waals surface area contributed by atoms with Crippen LogP contribution in [0, 0.1) is 0 Å². The van der Waals surface area contributed by atoms with Crippen LogP contribution in [0.15, 0.2) is 24.3 Å². The molecule has 0 radical (unpaired) electrons. The Hall–Kier alpha value is -1.35. The Labute approximate surface area is 172 Å². The third-order valence-corrected chi connectivity index (χ3v) is 5.85. The molecule has 0 heterocycles. The molecule has 160 valence electrons. The van der Waals surface area contributed by atoms with Crippen LogP contribution in [0.4, 0.5) is 0 Å². The summed E-state index contributed by atoms with van der Waals surface area (Å²) in [5.41, 5.74) is 0. The number of carboxylic acids is 1. The van der Waals surface area contributed by atoms with Crippen molar-refractivity contribution in [1.82, 2.24) is 4.31 Å². The van der Waals surface area contributed by atoms with E-state index in [4.69, 9.17) is 21.4 Å². The molecule has 1 aromatic carbocycles. The van der Waals surface area contributed by atoms with Crippen molar-refractivity contribution in [1.29, 1.82) is 0 Å². The molecule has 7 nitrogen and oxygen atoms in total. The minimum atomic E-state index is -3.32. The Bertz CT molecular complexity index is 697. The van der Waals surface area contributed by atoms with E-state index < -0.39 is 22.1 Å². The first-order valence-corrected chi connectivity index (χ1v) is 11.6. The average Bonchev–Trinajstić information content (AvgIpc) is 2.61. The van der Waals surface area contributed by atoms with Gasteiger partial charge >= 0.3 is 5.97 Å². The first kappa shape index (κ1) is 24.7. The van der Waals surface area contributed by atoms with Gasteiger partial charge < -0.3 is 14.9 Å². The molecule has 0 saturated carbocycles. The number of unbranched alkanes of at least 4 members (excludes halogenated alkanes) is 3. The number of hydrogen-bond acceptors (Lipinski definition) is 5. The predicted molar refractivity (Wildman–Crippen MR) is 109 cm³/mol. The number of sulfonamides is 1. The van der Waals surface area contributed by atoms with Crippen LogP contribution in [-0.2, 0) is 14.8 Å². The maximum atomic E-state index is 11.9. The second-order valence-electron chi connectivity index (χ2n) is 6.76. The fraction of sp³-hybridized carbons (Fsp3) is 0.632. The number of benzene rings is 1. The van der Waals surface area contributed by atoms with E-state index in [0.29, 0.717) is 49.5 Å². The maximum Gasteiger partial charge on any atom is 0.303 e. The van der Waals surface area contributed by atoms with E-state index in [9.17, 15) is 18.3 Å². The smallest absolute Gasteiger partial charge is 0.303 e. The van der Waals surface area contributed by atoms with Crippen LogP contribution in [-0.4, -0.2) is 61.0 Å². The van der Waals surface area contributed by atoms with E-state index in [1.165, 1.54) is 10.6 Å². The molecule has 0 aromatic heterocycles. The van der Waals surface area contributed by atoms with Gasteiger partial charge in [-0.15, -0.1) is 0 Å². The Kier molecular flexibility index (Phi) is 11.4. The van der Waals surface area contributed by atoms with E-state index in [1.807, 2.05) is 0 Å². The van der Waals surface area contributed by atoms with Gasteiger partial charge in [0.05, 0.1) is 17.4 Å². The molecule has 1 aromatic rings. The van der Waals surface area contributed by atoms with E-state index in [0.717, 1.165) is 12.8 Å². The van der Waals surface area contributed by atoms with Gasteiger partial charge in [0.25, 0.3) is 0 Å². The highest BCUT2D eigenvalue weighted by atomic mass is 35.5. The zero-order chi connectivity index (χ0) is 21.0. The molecule has 0 aliphatic heterocycles. The van der Waals surface area contributed by atoms with E-state index in [1.54, 1.807) is 24.3 Å². The summed E-state index contributed by atoms with van der Waals surface area (Å²) < 4.78 is 30.7. The van der Waals surface area contributed by atoms with Gasteiger partial charge in [0.15, 0.2) is 0 Å². The molecule has 28 heavy (non-hydrogen) atoms. The lowest BCUT2D eigenvalue weighted by molar-refractivity contribution is -0.137. The van der Waals surface area contributed by atoms with Gasteiger partial charge in [0.1, 0.15) is 12.4 Å². The Morgan fingerprint density at radius 2 is 1.79 bits per heavy atom. The summed E-state index contributed by atoms with van der Waals surface area (Å²) in [5.74, 6) is -0.307. The molecule has 0 aliphatic carbocycles. The molecular formula is C19H30ClNO6S. The molecule has 1 unspecified atom stereocenters. The number of nitrogens with zero attached hydrogens (tertiary/aromatic N) is 1. The second-order valence-corrected chi connectivity index (χ2v) is 9.15. The normalized spacial score (nSPS) is 12.9. The third-order valence-electron chi connectivity index (χ3n) is 4.23. The van der Waals surface area contributed by atoms with Crippen molar-refractivity contribution in [2.75, 3.05) is 26.0 Å². The molecule has 0 amide bonds. The largest absolute Gasteiger partial charge is 0.489 e. The van der Waals surface area contributed by atoms with E-state index >= 15 is 0 Å². The number of carboxylic acid groups (broad SMARTS) is 1. The van der Waals surface area contributed by atoms with Crippen molar-refractivity contribution in [3.05, 3.63) is 29.3 Å². The Morgan fingerprint density at radius 3 is 2.43 bits per heavy atom. The van der Waals surface area contributed by atoms with Crippen molar-refractivity contribution in [2.24, 2.45) is 0 Å². The number of halogens is 1. The molecule has 2 N–H and O–H groups in total. The summed E-state index contributed by atoms with van der Waals surface area (Å²) in [6, 6.07) is 7.00. The summed E-state index contributed by atoms with van der Waals surface area (Å²) in [6.07, 6.45) is 4.37. The number of rotatable bonds is 15. The number of hydrogen-bond donors (Lipinski definition) is 2. The second kappa shape index (κ2) is 13.0. The number of carbonyl (C=O) groups is 1. The highest BCUT2D eigenvalue weighted by Gasteiger charge is 2.16. The van der Waals surface area contributed by atoms with Crippen molar-refractivity contribution >= 4 is 27.6 Å². The van der Waals surface area contributed by atoms with Gasteiger partial charge in [-0.1, -0.05) is 36.6 Å². The molecule has 9 heteroatoms. The lowest BCUT2D eigenvalue weighted by atomic mass is 10.1. The lowest BCUT2D eigenvalue weighted by Gasteiger charge is -2.21. The van der Waals surface area contributed by atoms with Gasteiger partial charge in [0.2, 0.25) is 10.0 Å². The van der Waals surface area contributed by atoms with Crippen molar-refractivity contribution in [2.45, 2.75) is 51.0 Å². The summed E-state index contributed by atoms with van der Waals surface area (Å²) in [7, 11) is -3.32. The van der Waals surface area contributed by atoms with Gasteiger partial charge in [-0.25, -0.2) is 12.7 Å². The molecule has 0 fully saturated rings. The number of aliphatic hydroxyl groups excluding tert-OH is 1. The van der Waals surface area contributed by atoms with Crippen molar-refractivity contribution in [3.63, 3.8) is 0 Å². The zero-order valence-corrected chi connectivity index (χ0v) is 17.8. The molecule has 0 spiro atoms. The first-order valence-electron chi connectivity index (χ1n) is 9.42. The zero-order valence-electron chi connectivity index (χ0n) is 16.2. The molecule has 1 rings (SSSR count). The fourth-order valence-electron chi connectivity index (χ4n) is 2.70. The SMILES string of the molecule is CS(=O)(=O)N(CCCCCCC(=O)O)CCCC(O)COc1ccccc1Cl. The predicted octanol–water partition coefficient (Wildman–Crippen LogP) is 3.16. The third kappa shape index (κ3) is 10.8. The van der Waals surface area contributed by atoms with Crippen LogP contribution in [0.3, 0.4) is 0 Å². The van der Waals surface area contributed by atoms with Crippen LogP contribution < -0.4 is 4.74 Å². The van der Waals surface area contributed by atoms with Crippen LogP contribution in [0.5, 0.6) is 5.75 Å². The standard InChI is InChI=1S/C19H30ClNO6S/c1-28(25,26)21(13-7-3-2-4-12-19(23)24)14-8-9-16(22)15-27-18-11-6-5-10-17(18)20/h5-6,10-11,16,22H,2-4,7-9,12-15H2,1H3,(H,23,24). The van der Waals surface area contributed by atoms with Crippen LogP contribution in [0.1, 0.15) is 44.9 Å². The average molecular weight is 436 g/mol. The fourth-order valence-corrected chi connectivity index (χ4v) is 3.81. The maximum absolute atomic E-state index is 11.9.